The van der Waals surface area contributed by atoms with Crippen LogP contribution in [0.15, 0.2) is 18.2 Å². The fourth-order valence-electron chi connectivity index (χ4n) is 2.52. The lowest BCUT2D eigenvalue weighted by molar-refractivity contribution is -0.00461. The molecular formula is C14H21N3O3. The van der Waals surface area contributed by atoms with Crippen LogP contribution in [0.2, 0.25) is 0 Å². The molecule has 0 bridgehead atoms. The van der Waals surface area contributed by atoms with Crippen LogP contribution in [0.25, 0.3) is 0 Å². The predicted molar refractivity (Wildman–Crippen MR) is 78.1 cm³/mol. The van der Waals surface area contributed by atoms with E-state index in [1.807, 2.05) is 6.07 Å². The molecule has 3 N–H and O–H groups in total. The van der Waals surface area contributed by atoms with E-state index < -0.39 is 0 Å². The monoisotopic (exact) mass is 279 g/mol. The lowest BCUT2D eigenvalue weighted by Gasteiger charge is -2.20. The van der Waals surface area contributed by atoms with Crippen LogP contribution in [-0.2, 0) is 9.47 Å². The number of nitrogen functional groups attached to an aromatic ring is 1. The van der Waals surface area contributed by atoms with Crippen molar-refractivity contribution in [2.45, 2.75) is 12.2 Å². The highest BCUT2D eigenvalue weighted by atomic mass is 16.5. The third-order valence-corrected chi connectivity index (χ3v) is 3.68. The van der Waals surface area contributed by atoms with Crippen LogP contribution in [0, 0.1) is 0 Å². The SMILES string of the molecule is CNC(=O)c1ccc(N2CC(OC)C(OC)C2)c(N)c1. The molecule has 6 nitrogen and oxygen atoms in total. The van der Waals surface area contributed by atoms with Gasteiger partial charge in [-0.3, -0.25) is 4.79 Å². The fourth-order valence-corrected chi connectivity index (χ4v) is 2.52. The smallest absolute Gasteiger partial charge is 0.251 e. The lowest BCUT2D eigenvalue weighted by Crippen LogP contribution is -2.27. The van der Waals surface area contributed by atoms with Gasteiger partial charge in [0, 0.05) is 39.9 Å². The summed E-state index contributed by atoms with van der Waals surface area (Å²) in [5, 5.41) is 2.58. The van der Waals surface area contributed by atoms with Crippen LogP contribution in [0.3, 0.4) is 0 Å². The largest absolute Gasteiger partial charge is 0.397 e. The van der Waals surface area contributed by atoms with Crippen LogP contribution in [0.5, 0.6) is 0 Å². The van der Waals surface area contributed by atoms with E-state index in [4.69, 9.17) is 15.2 Å². The molecule has 1 aromatic rings. The molecule has 1 aliphatic rings. The second-order valence-electron chi connectivity index (χ2n) is 4.81. The maximum Gasteiger partial charge on any atom is 0.251 e. The van der Waals surface area contributed by atoms with E-state index in [9.17, 15) is 4.79 Å². The van der Waals surface area contributed by atoms with Gasteiger partial charge in [-0.05, 0) is 18.2 Å². The van der Waals surface area contributed by atoms with Crippen molar-refractivity contribution in [3.63, 3.8) is 0 Å². The number of methoxy groups -OCH3 is 2. The average molecular weight is 279 g/mol. The zero-order valence-corrected chi connectivity index (χ0v) is 12.1. The summed E-state index contributed by atoms with van der Waals surface area (Å²) < 4.78 is 10.8. The molecule has 1 heterocycles. The van der Waals surface area contributed by atoms with Crippen LogP contribution in [-0.4, -0.2) is 52.5 Å². The van der Waals surface area contributed by atoms with Crippen LogP contribution in [0.4, 0.5) is 11.4 Å². The minimum Gasteiger partial charge on any atom is -0.397 e. The molecular weight excluding hydrogens is 258 g/mol. The Labute approximate surface area is 118 Å². The van der Waals surface area contributed by atoms with Gasteiger partial charge < -0.3 is 25.4 Å². The number of nitrogens with two attached hydrogens (primary N) is 1. The third kappa shape index (κ3) is 2.71. The van der Waals surface area contributed by atoms with Gasteiger partial charge in [0.2, 0.25) is 0 Å². The maximum atomic E-state index is 11.6. The van der Waals surface area contributed by atoms with E-state index in [-0.39, 0.29) is 18.1 Å². The first-order valence-electron chi connectivity index (χ1n) is 6.52. The van der Waals surface area contributed by atoms with E-state index in [0.29, 0.717) is 11.3 Å². The zero-order chi connectivity index (χ0) is 14.7. The van der Waals surface area contributed by atoms with Crippen molar-refractivity contribution in [3.05, 3.63) is 23.8 Å². The Morgan fingerprint density at radius 2 is 1.90 bits per heavy atom. The number of benzene rings is 1. The second kappa shape index (κ2) is 6.11. The van der Waals surface area contributed by atoms with Gasteiger partial charge in [0.1, 0.15) is 12.2 Å². The van der Waals surface area contributed by atoms with Crippen LogP contribution >= 0.6 is 0 Å². The highest BCUT2D eigenvalue weighted by Crippen LogP contribution is 2.29. The molecule has 2 atom stereocenters. The molecule has 2 rings (SSSR count). The van der Waals surface area contributed by atoms with E-state index >= 15 is 0 Å². The number of rotatable bonds is 4. The van der Waals surface area contributed by atoms with E-state index in [1.165, 1.54) is 0 Å². The number of hydrogen-bond donors (Lipinski definition) is 2. The molecule has 0 aliphatic carbocycles. The molecule has 6 heteroatoms. The van der Waals surface area contributed by atoms with Crippen molar-refractivity contribution < 1.29 is 14.3 Å². The normalized spacial score (nSPS) is 22.1. The van der Waals surface area contributed by atoms with Crippen molar-refractivity contribution in [1.82, 2.24) is 5.32 Å². The first-order chi connectivity index (χ1) is 9.60. The maximum absolute atomic E-state index is 11.6. The van der Waals surface area contributed by atoms with Gasteiger partial charge in [-0.1, -0.05) is 0 Å². The van der Waals surface area contributed by atoms with Crippen LogP contribution < -0.4 is 16.0 Å². The number of amides is 1. The Hall–Kier alpha value is -1.79. The summed E-state index contributed by atoms with van der Waals surface area (Å²) in [4.78, 5) is 13.7. The van der Waals surface area contributed by atoms with Crippen molar-refractivity contribution >= 4 is 17.3 Å². The molecule has 1 aromatic carbocycles. The highest BCUT2D eigenvalue weighted by Gasteiger charge is 2.33. The number of carbonyl (C=O) groups is 1. The van der Waals surface area contributed by atoms with Gasteiger partial charge in [0.25, 0.3) is 5.91 Å². The van der Waals surface area contributed by atoms with Crippen molar-refractivity contribution in [2.24, 2.45) is 0 Å². The number of ether oxygens (including phenoxy) is 2. The summed E-state index contributed by atoms with van der Waals surface area (Å²) in [6.45, 7) is 1.44. The summed E-state index contributed by atoms with van der Waals surface area (Å²) in [6, 6.07) is 5.33. The first kappa shape index (κ1) is 14.6. The van der Waals surface area contributed by atoms with Gasteiger partial charge in [0.05, 0.1) is 11.4 Å². The van der Waals surface area contributed by atoms with Gasteiger partial charge >= 0.3 is 0 Å². The number of nitrogens with one attached hydrogen (secondary N) is 1. The topological polar surface area (TPSA) is 76.8 Å². The zero-order valence-electron chi connectivity index (χ0n) is 12.1. The van der Waals surface area contributed by atoms with Gasteiger partial charge in [0.15, 0.2) is 0 Å². The Morgan fingerprint density at radius 1 is 1.30 bits per heavy atom. The number of hydrogen-bond acceptors (Lipinski definition) is 5. The Bertz CT molecular complexity index is 481. The summed E-state index contributed by atoms with van der Waals surface area (Å²) in [6.07, 6.45) is 0.0519. The molecule has 0 aromatic heterocycles. The fraction of sp³-hybridized carbons (Fsp3) is 0.500. The predicted octanol–water partition coefficient (Wildman–Crippen LogP) is 0.478. The summed E-state index contributed by atoms with van der Waals surface area (Å²) in [5.41, 5.74) is 8.10. The molecule has 20 heavy (non-hydrogen) atoms. The van der Waals surface area contributed by atoms with Crippen LogP contribution in [0.1, 0.15) is 10.4 Å². The molecule has 1 saturated heterocycles. The van der Waals surface area contributed by atoms with E-state index in [2.05, 4.69) is 10.2 Å². The summed E-state index contributed by atoms with van der Waals surface area (Å²) in [5.74, 6) is -0.144. The number of anilines is 2. The number of carbonyl (C=O) groups excluding carboxylic acids is 1. The minimum atomic E-state index is -0.144. The molecule has 0 saturated carbocycles. The molecule has 110 valence electrons. The first-order valence-corrected chi connectivity index (χ1v) is 6.52. The van der Waals surface area contributed by atoms with Crippen molar-refractivity contribution in [1.29, 1.82) is 0 Å². The van der Waals surface area contributed by atoms with E-state index in [1.54, 1.807) is 33.4 Å². The Morgan fingerprint density at radius 3 is 2.35 bits per heavy atom. The van der Waals surface area contributed by atoms with Crippen molar-refractivity contribution in [2.75, 3.05) is 45.0 Å². The molecule has 1 fully saturated rings. The second-order valence-corrected chi connectivity index (χ2v) is 4.81. The quantitative estimate of drug-likeness (QED) is 0.784. The Balaban J connectivity index is 2.20. The van der Waals surface area contributed by atoms with Crippen molar-refractivity contribution in [3.8, 4) is 0 Å². The van der Waals surface area contributed by atoms with Gasteiger partial charge in [-0.2, -0.15) is 0 Å². The molecule has 2 unspecified atom stereocenters. The number of nitrogens with zero attached hydrogens (tertiary/aromatic N) is 1. The van der Waals surface area contributed by atoms with Gasteiger partial charge in [-0.25, -0.2) is 0 Å². The molecule has 0 spiro atoms. The minimum absolute atomic E-state index is 0.0259. The summed E-state index contributed by atoms with van der Waals surface area (Å²) >= 11 is 0. The Kier molecular flexibility index (Phi) is 4.46. The third-order valence-electron chi connectivity index (χ3n) is 3.68. The molecule has 1 aliphatic heterocycles. The highest BCUT2D eigenvalue weighted by molar-refractivity contribution is 5.96. The molecule has 0 radical (unpaired) electrons. The summed E-state index contributed by atoms with van der Waals surface area (Å²) in [7, 11) is 4.95. The molecule has 1 amide bonds. The van der Waals surface area contributed by atoms with E-state index in [0.717, 1.165) is 18.8 Å². The standard InChI is InChI=1S/C14H21N3O3/c1-16-14(18)9-4-5-11(10(15)6-9)17-7-12(19-2)13(8-17)20-3/h4-6,12-13H,7-8,15H2,1-3H3,(H,16,18). The lowest BCUT2D eigenvalue weighted by atomic mass is 10.1. The average Bonchev–Trinajstić information content (AvgIpc) is 2.89. The van der Waals surface area contributed by atoms with Gasteiger partial charge in [-0.15, -0.1) is 0 Å².